The molecule has 4 rings (SSSR count). The predicted molar refractivity (Wildman–Crippen MR) is 88.0 cm³/mol. The molecule has 2 aromatic heterocycles. The number of amides is 1. The van der Waals surface area contributed by atoms with Crippen molar-refractivity contribution in [2.45, 2.75) is 12.8 Å². The van der Waals surface area contributed by atoms with Crippen molar-refractivity contribution in [1.82, 2.24) is 19.2 Å². The minimum atomic E-state index is 0.0633. The molecule has 1 amide bonds. The zero-order valence-electron chi connectivity index (χ0n) is 12.8. The van der Waals surface area contributed by atoms with Crippen LogP contribution in [-0.4, -0.2) is 38.2 Å². The average molecular weight is 306 g/mol. The maximum Gasteiger partial charge on any atom is 0.259 e. The van der Waals surface area contributed by atoms with E-state index in [1.54, 1.807) is 6.20 Å². The Bertz CT molecular complexity index is 799. The van der Waals surface area contributed by atoms with Crippen LogP contribution < -0.4 is 0 Å². The van der Waals surface area contributed by atoms with Gasteiger partial charge in [-0.1, -0.05) is 18.2 Å². The smallest absolute Gasteiger partial charge is 0.259 e. The minimum Gasteiger partial charge on any atom is -0.338 e. The van der Waals surface area contributed by atoms with Gasteiger partial charge in [0, 0.05) is 25.5 Å². The van der Waals surface area contributed by atoms with E-state index in [9.17, 15) is 4.79 Å². The Hall–Kier alpha value is -2.82. The van der Waals surface area contributed by atoms with Crippen molar-refractivity contribution >= 4 is 5.91 Å². The number of hydrogen-bond acceptors (Lipinski definition) is 2. The third-order valence-electron chi connectivity index (χ3n) is 4.22. The lowest BCUT2D eigenvalue weighted by molar-refractivity contribution is 0.0793. The first-order chi connectivity index (χ1) is 11.3. The zero-order chi connectivity index (χ0) is 15.6. The van der Waals surface area contributed by atoms with Crippen LogP contribution >= 0.6 is 0 Å². The van der Waals surface area contributed by atoms with Crippen LogP contribution in [0.1, 0.15) is 23.2 Å². The number of benzene rings is 1. The number of aromatic nitrogens is 3. The van der Waals surface area contributed by atoms with Gasteiger partial charge in [0.05, 0.1) is 11.9 Å². The van der Waals surface area contributed by atoms with Gasteiger partial charge in [0.25, 0.3) is 5.91 Å². The zero-order valence-corrected chi connectivity index (χ0v) is 12.8. The van der Waals surface area contributed by atoms with Gasteiger partial charge in [-0.25, -0.2) is 4.68 Å². The standard InChI is InChI=1S/C18H18N4O/c23-18(21-12-6-7-13-21)16-14-19-22(15-8-2-1-3-9-15)17(16)20-10-4-5-11-20/h1-5,8-11,14H,6-7,12-13H2. The fourth-order valence-corrected chi connectivity index (χ4v) is 3.07. The summed E-state index contributed by atoms with van der Waals surface area (Å²) in [6.07, 6.45) is 7.73. The molecule has 5 nitrogen and oxygen atoms in total. The fourth-order valence-electron chi connectivity index (χ4n) is 3.07. The molecule has 1 aromatic carbocycles. The fraction of sp³-hybridized carbons (Fsp3) is 0.222. The molecule has 1 aliphatic heterocycles. The highest BCUT2D eigenvalue weighted by Crippen LogP contribution is 2.22. The largest absolute Gasteiger partial charge is 0.338 e. The minimum absolute atomic E-state index is 0.0633. The topological polar surface area (TPSA) is 43.1 Å². The van der Waals surface area contributed by atoms with E-state index in [1.807, 2.05) is 69.0 Å². The van der Waals surface area contributed by atoms with Crippen LogP contribution in [0.15, 0.2) is 61.1 Å². The molecule has 1 fully saturated rings. The van der Waals surface area contributed by atoms with Gasteiger partial charge in [0.1, 0.15) is 5.56 Å². The summed E-state index contributed by atoms with van der Waals surface area (Å²) < 4.78 is 3.77. The van der Waals surface area contributed by atoms with Crippen LogP contribution in [0, 0.1) is 0 Å². The lowest BCUT2D eigenvalue weighted by atomic mass is 10.2. The van der Waals surface area contributed by atoms with E-state index in [0.717, 1.165) is 37.4 Å². The second-order valence-corrected chi connectivity index (χ2v) is 5.72. The van der Waals surface area contributed by atoms with Gasteiger partial charge in [-0.3, -0.25) is 4.79 Å². The maximum absolute atomic E-state index is 12.9. The molecule has 3 heterocycles. The Labute approximate surface area is 134 Å². The second kappa shape index (κ2) is 5.76. The van der Waals surface area contributed by atoms with Gasteiger partial charge in [0.15, 0.2) is 5.82 Å². The number of likely N-dealkylation sites (tertiary alicyclic amines) is 1. The summed E-state index contributed by atoms with van der Waals surface area (Å²) >= 11 is 0. The van der Waals surface area contributed by atoms with Crippen LogP contribution in [-0.2, 0) is 0 Å². The monoisotopic (exact) mass is 306 g/mol. The molecule has 1 aliphatic rings. The van der Waals surface area contributed by atoms with Crippen molar-refractivity contribution in [3.8, 4) is 11.5 Å². The molecule has 0 aliphatic carbocycles. The van der Waals surface area contributed by atoms with E-state index in [4.69, 9.17) is 0 Å². The average Bonchev–Trinajstić information content (AvgIpc) is 3.34. The number of carbonyl (C=O) groups excluding carboxylic acids is 1. The highest BCUT2D eigenvalue weighted by Gasteiger charge is 2.25. The van der Waals surface area contributed by atoms with Crippen molar-refractivity contribution in [1.29, 1.82) is 0 Å². The van der Waals surface area contributed by atoms with Crippen LogP contribution in [0.5, 0.6) is 0 Å². The van der Waals surface area contributed by atoms with E-state index in [0.29, 0.717) is 5.56 Å². The van der Waals surface area contributed by atoms with Gasteiger partial charge in [-0.2, -0.15) is 5.10 Å². The van der Waals surface area contributed by atoms with Crippen molar-refractivity contribution in [2.24, 2.45) is 0 Å². The van der Waals surface area contributed by atoms with Crippen LogP contribution in [0.4, 0.5) is 0 Å². The van der Waals surface area contributed by atoms with Crippen molar-refractivity contribution < 1.29 is 4.79 Å². The normalized spacial score (nSPS) is 14.3. The van der Waals surface area contributed by atoms with Gasteiger partial charge in [0.2, 0.25) is 0 Å². The first kappa shape index (κ1) is 13.8. The first-order valence-electron chi connectivity index (χ1n) is 7.90. The highest BCUT2D eigenvalue weighted by molar-refractivity contribution is 5.97. The molecule has 0 atom stereocenters. The highest BCUT2D eigenvalue weighted by atomic mass is 16.2. The van der Waals surface area contributed by atoms with Gasteiger partial charge in [-0.05, 0) is 37.1 Å². The third kappa shape index (κ3) is 2.44. The molecule has 0 saturated carbocycles. The Morgan fingerprint density at radius 3 is 2.35 bits per heavy atom. The molecule has 0 N–H and O–H groups in total. The van der Waals surface area contributed by atoms with Crippen LogP contribution in [0.3, 0.4) is 0 Å². The Balaban J connectivity index is 1.84. The van der Waals surface area contributed by atoms with E-state index in [1.165, 1.54) is 0 Å². The molecule has 0 spiro atoms. The van der Waals surface area contributed by atoms with E-state index < -0.39 is 0 Å². The van der Waals surface area contributed by atoms with E-state index in [-0.39, 0.29) is 5.91 Å². The molecule has 0 bridgehead atoms. The Morgan fingerprint density at radius 2 is 1.65 bits per heavy atom. The molecule has 116 valence electrons. The summed E-state index contributed by atoms with van der Waals surface area (Å²) in [5, 5.41) is 4.48. The second-order valence-electron chi connectivity index (χ2n) is 5.72. The number of carbonyl (C=O) groups is 1. The Morgan fingerprint density at radius 1 is 0.957 bits per heavy atom. The molecule has 0 radical (unpaired) electrons. The van der Waals surface area contributed by atoms with Crippen molar-refractivity contribution in [3.63, 3.8) is 0 Å². The summed E-state index contributed by atoms with van der Waals surface area (Å²) in [5.74, 6) is 0.853. The van der Waals surface area contributed by atoms with Crippen molar-refractivity contribution in [3.05, 3.63) is 66.6 Å². The van der Waals surface area contributed by atoms with E-state index in [2.05, 4.69) is 5.10 Å². The summed E-state index contributed by atoms with van der Waals surface area (Å²) in [5.41, 5.74) is 1.59. The summed E-state index contributed by atoms with van der Waals surface area (Å²) in [6, 6.07) is 13.8. The van der Waals surface area contributed by atoms with Gasteiger partial charge < -0.3 is 9.47 Å². The van der Waals surface area contributed by atoms with Crippen LogP contribution in [0.25, 0.3) is 11.5 Å². The van der Waals surface area contributed by atoms with Gasteiger partial charge >= 0.3 is 0 Å². The SMILES string of the molecule is O=C(c1cnn(-c2ccccc2)c1-n1cccc1)N1CCCC1. The molecule has 3 aromatic rings. The van der Waals surface area contributed by atoms with Crippen LogP contribution in [0.2, 0.25) is 0 Å². The molecule has 23 heavy (non-hydrogen) atoms. The Kier molecular flexibility index (Phi) is 3.46. The number of rotatable bonds is 3. The van der Waals surface area contributed by atoms with E-state index >= 15 is 0 Å². The summed E-state index contributed by atoms with van der Waals surface area (Å²) in [7, 11) is 0. The number of hydrogen-bond donors (Lipinski definition) is 0. The number of nitrogens with zero attached hydrogens (tertiary/aromatic N) is 4. The molecule has 0 unspecified atom stereocenters. The van der Waals surface area contributed by atoms with Crippen molar-refractivity contribution in [2.75, 3.05) is 13.1 Å². The predicted octanol–water partition coefficient (Wildman–Crippen LogP) is 2.90. The lowest BCUT2D eigenvalue weighted by Crippen LogP contribution is -2.28. The molecular formula is C18H18N4O. The molecule has 1 saturated heterocycles. The van der Waals surface area contributed by atoms with Gasteiger partial charge in [-0.15, -0.1) is 0 Å². The summed E-state index contributed by atoms with van der Waals surface area (Å²) in [6.45, 7) is 1.67. The maximum atomic E-state index is 12.9. The molecule has 5 heteroatoms. The quantitative estimate of drug-likeness (QED) is 0.747. The molecular weight excluding hydrogens is 288 g/mol. The summed E-state index contributed by atoms with van der Waals surface area (Å²) in [4.78, 5) is 14.8. The lowest BCUT2D eigenvalue weighted by Gasteiger charge is -2.16. The first-order valence-corrected chi connectivity index (χ1v) is 7.90. The third-order valence-corrected chi connectivity index (χ3v) is 4.22. The number of para-hydroxylation sites is 1.